The molecule has 0 atom stereocenters. The van der Waals surface area contributed by atoms with Crippen LogP contribution in [0.5, 0.6) is 0 Å². The Kier molecular flexibility index (Phi) is 5.16. The molecular formula is C14H20ClNO. The van der Waals surface area contributed by atoms with Crippen LogP contribution in [-0.2, 0) is 11.3 Å². The predicted octanol–water partition coefficient (Wildman–Crippen LogP) is 3.10. The fourth-order valence-corrected chi connectivity index (χ4v) is 2.50. The number of Topliss-reactive ketones (excluding diaryl/α,β-unsaturated/α-hetero) is 1. The monoisotopic (exact) mass is 253 g/mol. The van der Waals surface area contributed by atoms with Crippen molar-refractivity contribution in [1.82, 2.24) is 5.32 Å². The third kappa shape index (κ3) is 3.30. The van der Waals surface area contributed by atoms with Crippen LogP contribution in [0.4, 0.5) is 0 Å². The SMILES string of the molecule is CC(=O)C1(NCc2ccccc2)CCCC1.Cl. The lowest BCUT2D eigenvalue weighted by molar-refractivity contribution is -0.123. The first-order chi connectivity index (χ1) is 7.73. The van der Waals surface area contributed by atoms with Gasteiger partial charge in [0.2, 0.25) is 0 Å². The van der Waals surface area contributed by atoms with Crippen molar-refractivity contribution in [3.05, 3.63) is 35.9 Å². The molecule has 0 aliphatic heterocycles. The van der Waals surface area contributed by atoms with Crippen LogP contribution in [0, 0.1) is 0 Å². The number of nitrogens with one attached hydrogen (secondary N) is 1. The quantitative estimate of drug-likeness (QED) is 0.894. The molecule has 0 saturated heterocycles. The van der Waals surface area contributed by atoms with Crippen LogP contribution in [0.25, 0.3) is 0 Å². The zero-order chi connectivity index (χ0) is 11.4. The summed E-state index contributed by atoms with van der Waals surface area (Å²) in [5.41, 5.74) is 1.01. The van der Waals surface area contributed by atoms with Crippen molar-refractivity contribution in [1.29, 1.82) is 0 Å². The topological polar surface area (TPSA) is 29.1 Å². The second-order valence-corrected chi connectivity index (χ2v) is 4.68. The van der Waals surface area contributed by atoms with E-state index in [1.807, 2.05) is 18.2 Å². The van der Waals surface area contributed by atoms with Crippen molar-refractivity contribution in [2.24, 2.45) is 0 Å². The van der Waals surface area contributed by atoms with E-state index in [-0.39, 0.29) is 17.9 Å². The van der Waals surface area contributed by atoms with E-state index in [0.29, 0.717) is 5.78 Å². The standard InChI is InChI=1S/C14H19NO.ClH/c1-12(16)14(9-5-6-10-14)15-11-13-7-3-2-4-8-13;/h2-4,7-8,15H,5-6,9-11H2,1H3;1H. The Morgan fingerprint density at radius 1 is 1.24 bits per heavy atom. The summed E-state index contributed by atoms with van der Waals surface area (Å²) < 4.78 is 0. The first kappa shape index (κ1) is 14.2. The second kappa shape index (κ2) is 6.18. The van der Waals surface area contributed by atoms with E-state index in [1.54, 1.807) is 6.92 Å². The minimum atomic E-state index is -0.240. The van der Waals surface area contributed by atoms with E-state index in [9.17, 15) is 4.79 Å². The summed E-state index contributed by atoms with van der Waals surface area (Å²) in [6.45, 7) is 2.50. The van der Waals surface area contributed by atoms with Crippen molar-refractivity contribution in [2.75, 3.05) is 0 Å². The number of hydrogen-bond donors (Lipinski definition) is 1. The molecule has 1 aliphatic rings. The molecule has 1 aromatic carbocycles. The lowest BCUT2D eigenvalue weighted by Crippen LogP contribution is -2.48. The van der Waals surface area contributed by atoms with Crippen LogP contribution in [0.3, 0.4) is 0 Å². The summed E-state index contributed by atoms with van der Waals surface area (Å²) >= 11 is 0. The molecule has 2 rings (SSSR count). The highest BCUT2D eigenvalue weighted by Crippen LogP contribution is 2.30. The Morgan fingerprint density at radius 3 is 2.35 bits per heavy atom. The average molecular weight is 254 g/mol. The Labute approximate surface area is 109 Å². The van der Waals surface area contributed by atoms with Crippen LogP contribution >= 0.6 is 12.4 Å². The number of rotatable bonds is 4. The molecule has 0 unspecified atom stereocenters. The maximum Gasteiger partial charge on any atom is 0.149 e. The molecule has 1 fully saturated rings. The number of ketones is 1. The third-order valence-electron chi connectivity index (χ3n) is 3.60. The van der Waals surface area contributed by atoms with Crippen molar-refractivity contribution in [3.63, 3.8) is 0 Å². The molecule has 0 heterocycles. The van der Waals surface area contributed by atoms with Crippen LogP contribution < -0.4 is 5.32 Å². The van der Waals surface area contributed by atoms with Gasteiger partial charge in [0.1, 0.15) is 5.78 Å². The number of hydrogen-bond acceptors (Lipinski definition) is 2. The van der Waals surface area contributed by atoms with Crippen LogP contribution in [0.15, 0.2) is 30.3 Å². The first-order valence-electron chi connectivity index (χ1n) is 6.03. The van der Waals surface area contributed by atoms with Gasteiger partial charge in [-0.15, -0.1) is 12.4 Å². The summed E-state index contributed by atoms with van der Waals surface area (Å²) in [6, 6.07) is 10.3. The summed E-state index contributed by atoms with van der Waals surface area (Å²) in [5, 5.41) is 3.46. The minimum Gasteiger partial charge on any atom is -0.301 e. The van der Waals surface area contributed by atoms with E-state index in [1.165, 1.54) is 18.4 Å². The lowest BCUT2D eigenvalue weighted by atomic mass is 9.92. The van der Waals surface area contributed by atoms with Gasteiger partial charge in [-0.05, 0) is 25.3 Å². The molecule has 0 amide bonds. The van der Waals surface area contributed by atoms with Crippen molar-refractivity contribution in [3.8, 4) is 0 Å². The van der Waals surface area contributed by atoms with Gasteiger partial charge < -0.3 is 5.32 Å². The highest BCUT2D eigenvalue weighted by atomic mass is 35.5. The minimum absolute atomic E-state index is 0. The van der Waals surface area contributed by atoms with Gasteiger partial charge in [-0.1, -0.05) is 43.2 Å². The van der Waals surface area contributed by atoms with E-state index < -0.39 is 0 Å². The molecule has 1 N–H and O–H groups in total. The molecule has 1 aromatic rings. The van der Waals surface area contributed by atoms with Gasteiger partial charge >= 0.3 is 0 Å². The molecule has 1 aliphatic carbocycles. The summed E-state index contributed by atoms with van der Waals surface area (Å²) in [6.07, 6.45) is 4.33. The molecule has 0 aromatic heterocycles. The van der Waals surface area contributed by atoms with Crippen molar-refractivity contribution < 1.29 is 4.79 Å². The Morgan fingerprint density at radius 2 is 1.82 bits per heavy atom. The number of halogens is 1. The van der Waals surface area contributed by atoms with Gasteiger partial charge in [-0.2, -0.15) is 0 Å². The van der Waals surface area contributed by atoms with Gasteiger partial charge in [-0.3, -0.25) is 4.79 Å². The molecular weight excluding hydrogens is 234 g/mol. The fraction of sp³-hybridized carbons (Fsp3) is 0.500. The van der Waals surface area contributed by atoms with Crippen LogP contribution in [-0.4, -0.2) is 11.3 Å². The van der Waals surface area contributed by atoms with E-state index >= 15 is 0 Å². The zero-order valence-electron chi connectivity index (χ0n) is 10.2. The fourth-order valence-electron chi connectivity index (χ4n) is 2.50. The maximum atomic E-state index is 11.7. The largest absolute Gasteiger partial charge is 0.301 e. The van der Waals surface area contributed by atoms with E-state index in [4.69, 9.17) is 0 Å². The first-order valence-corrected chi connectivity index (χ1v) is 6.03. The lowest BCUT2D eigenvalue weighted by Gasteiger charge is -2.27. The summed E-state index contributed by atoms with van der Waals surface area (Å²) in [7, 11) is 0. The maximum absolute atomic E-state index is 11.7. The molecule has 0 spiro atoms. The molecule has 3 heteroatoms. The highest BCUT2D eigenvalue weighted by Gasteiger charge is 2.37. The highest BCUT2D eigenvalue weighted by molar-refractivity contribution is 5.86. The number of carbonyl (C=O) groups is 1. The molecule has 17 heavy (non-hydrogen) atoms. The van der Waals surface area contributed by atoms with Crippen molar-refractivity contribution in [2.45, 2.75) is 44.7 Å². The van der Waals surface area contributed by atoms with Gasteiger partial charge in [0.05, 0.1) is 5.54 Å². The predicted molar refractivity (Wildman–Crippen MR) is 72.4 cm³/mol. The Hall–Kier alpha value is -0.860. The van der Waals surface area contributed by atoms with Gasteiger partial charge in [0.25, 0.3) is 0 Å². The smallest absolute Gasteiger partial charge is 0.149 e. The summed E-state index contributed by atoms with van der Waals surface area (Å²) in [5.74, 6) is 0.293. The molecule has 2 nitrogen and oxygen atoms in total. The van der Waals surface area contributed by atoms with Crippen LogP contribution in [0.2, 0.25) is 0 Å². The zero-order valence-corrected chi connectivity index (χ0v) is 11.1. The average Bonchev–Trinajstić information content (AvgIpc) is 2.78. The Bertz CT molecular complexity index is 358. The van der Waals surface area contributed by atoms with E-state index in [0.717, 1.165) is 19.4 Å². The summed E-state index contributed by atoms with van der Waals surface area (Å²) in [4.78, 5) is 11.7. The van der Waals surface area contributed by atoms with Gasteiger partial charge in [0.15, 0.2) is 0 Å². The second-order valence-electron chi connectivity index (χ2n) is 4.68. The molecule has 1 saturated carbocycles. The van der Waals surface area contributed by atoms with E-state index in [2.05, 4.69) is 17.4 Å². The number of benzene rings is 1. The normalized spacial score (nSPS) is 17.5. The molecule has 94 valence electrons. The van der Waals surface area contributed by atoms with Crippen LogP contribution in [0.1, 0.15) is 38.2 Å². The van der Waals surface area contributed by atoms with Crippen molar-refractivity contribution >= 4 is 18.2 Å². The number of carbonyl (C=O) groups excluding carboxylic acids is 1. The third-order valence-corrected chi connectivity index (χ3v) is 3.60. The Balaban J connectivity index is 0.00000144. The van der Waals surface area contributed by atoms with Gasteiger partial charge in [0, 0.05) is 6.54 Å². The molecule has 0 bridgehead atoms. The molecule has 0 radical (unpaired) electrons. The van der Waals surface area contributed by atoms with Gasteiger partial charge in [-0.25, -0.2) is 0 Å².